The molecule has 0 amide bonds. The Morgan fingerprint density at radius 1 is 1.47 bits per heavy atom. The van der Waals surface area contributed by atoms with E-state index in [1.54, 1.807) is 32.0 Å². The van der Waals surface area contributed by atoms with Gasteiger partial charge in [-0.3, -0.25) is 4.79 Å². The first kappa shape index (κ1) is 13.5. The molecule has 0 saturated heterocycles. The maximum absolute atomic E-state index is 12.9. The molecule has 1 aromatic rings. The van der Waals surface area contributed by atoms with Crippen LogP contribution < -0.4 is 4.74 Å². The third-order valence-electron chi connectivity index (χ3n) is 2.79. The van der Waals surface area contributed by atoms with Crippen molar-refractivity contribution in [1.82, 2.24) is 0 Å². The smallest absolute Gasteiger partial charge is 0.309 e. The second-order valence-electron chi connectivity index (χ2n) is 4.60. The Bertz CT molecular complexity index is 391. The summed E-state index contributed by atoms with van der Waals surface area (Å²) >= 11 is 0. The Labute approximate surface area is 100 Å². The zero-order valence-electron chi connectivity index (χ0n) is 10.3. The van der Waals surface area contributed by atoms with Crippen LogP contribution in [0.3, 0.4) is 0 Å². The molecule has 0 aliphatic carbocycles. The molecule has 0 aromatic heterocycles. The summed E-state index contributed by atoms with van der Waals surface area (Å²) in [6.45, 7) is 2.61. The molecule has 94 valence electrons. The summed E-state index contributed by atoms with van der Waals surface area (Å²) in [5.41, 5.74) is 0.169. The molecule has 1 rings (SSSR count). The Balaban J connectivity index is 3.16. The van der Waals surface area contributed by atoms with E-state index in [2.05, 4.69) is 0 Å². The van der Waals surface area contributed by atoms with Crippen LogP contribution in [0.15, 0.2) is 18.2 Å². The molecule has 1 N–H and O–H groups in total. The Kier molecular flexibility index (Phi) is 4.10. The summed E-state index contributed by atoms with van der Waals surface area (Å²) in [6.07, 6.45) is 0.242. The molecule has 17 heavy (non-hydrogen) atoms. The molecular formula is C13H17FO3. The molecule has 4 heteroatoms. The first-order valence-electron chi connectivity index (χ1n) is 5.36. The lowest BCUT2D eigenvalue weighted by Gasteiger charge is -2.22. The van der Waals surface area contributed by atoms with Gasteiger partial charge in [-0.05, 0) is 31.9 Å². The fraction of sp³-hybridized carbons (Fsp3) is 0.462. The monoisotopic (exact) mass is 240 g/mol. The van der Waals surface area contributed by atoms with Gasteiger partial charge in [0, 0.05) is 5.56 Å². The number of aliphatic carboxylic acids is 1. The fourth-order valence-corrected chi connectivity index (χ4v) is 1.65. The highest BCUT2D eigenvalue weighted by Crippen LogP contribution is 2.31. The minimum absolute atomic E-state index is 0.242. The van der Waals surface area contributed by atoms with Crippen LogP contribution in [0, 0.1) is 5.41 Å². The first-order valence-corrected chi connectivity index (χ1v) is 5.36. The zero-order chi connectivity index (χ0) is 13.1. The molecule has 0 radical (unpaired) electrons. The van der Waals surface area contributed by atoms with E-state index in [4.69, 9.17) is 9.84 Å². The van der Waals surface area contributed by atoms with E-state index >= 15 is 0 Å². The normalized spacial score (nSPS) is 11.3. The van der Waals surface area contributed by atoms with E-state index < -0.39 is 18.1 Å². The molecule has 0 spiro atoms. The number of hydrogen-bond acceptors (Lipinski definition) is 2. The number of methoxy groups -OCH3 is 1. The second-order valence-corrected chi connectivity index (χ2v) is 4.60. The number of carboxylic acids is 1. The fourth-order valence-electron chi connectivity index (χ4n) is 1.65. The Hall–Kier alpha value is -1.58. The second kappa shape index (κ2) is 5.17. The van der Waals surface area contributed by atoms with Crippen LogP contribution in [0.25, 0.3) is 0 Å². The van der Waals surface area contributed by atoms with Crippen molar-refractivity contribution in [1.29, 1.82) is 0 Å². The standard InChI is InChI=1S/C13H17FO3/c1-13(2,12(15)16)7-10-9(8-14)5-4-6-11(10)17-3/h4-6H,7-8H2,1-3H3,(H,15,16). The Morgan fingerprint density at radius 3 is 2.59 bits per heavy atom. The van der Waals surface area contributed by atoms with Gasteiger partial charge < -0.3 is 9.84 Å². The van der Waals surface area contributed by atoms with Gasteiger partial charge in [0.25, 0.3) is 0 Å². The van der Waals surface area contributed by atoms with Crippen LogP contribution in [-0.4, -0.2) is 18.2 Å². The number of hydrogen-bond donors (Lipinski definition) is 1. The summed E-state index contributed by atoms with van der Waals surface area (Å²) in [5, 5.41) is 9.10. The van der Waals surface area contributed by atoms with Gasteiger partial charge in [0.2, 0.25) is 0 Å². The number of alkyl halides is 1. The van der Waals surface area contributed by atoms with Gasteiger partial charge in [0.15, 0.2) is 0 Å². The molecule has 0 aliphatic heterocycles. The number of halogens is 1. The maximum atomic E-state index is 12.9. The summed E-state index contributed by atoms with van der Waals surface area (Å²) in [7, 11) is 1.49. The predicted molar refractivity (Wildman–Crippen MR) is 62.9 cm³/mol. The average Bonchev–Trinajstić information content (AvgIpc) is 2.28. The van der Waals surface area contributed by atoms with Gasteiger partial charge in [0.05, 0.1) is 12.5 Å². The molecule has 0 heterocycles. The van der Waals surface area contributed by atoms with Crippen molar-refractivity contribution < 1.29 is 19.0 Å². The number of ether oxygens (including phenoxy) is 1. The summed E-state index contributed by atoms with van der Waals surface area (Å²) in [5.74, 6) is -0.373. The largest absolute Gasteiger partial charge is 0.496 e. The van der Waals surface area contributed by atoms with E-state index in [9.17, 15) is 9.18 Å². The molecular weight excluding hydrogens is 223 g/mol. The highest BCUT2D eigenvalue weighted by Gasteiger charge is 2.29. The third-order valence-corrected chi connectivity index (χ3v) is 2.79. The van der Waals surface area contributed by atoms with Crippen LogP contribution in [0.5, 0.6) is 5.75 Å². The highest BCUT2D eigenvalue weighted by atomic mass is 19.1. The molecule has 0 aliphatic rings. The highest BCUT2D eigenvalue weighted by molar-refractivity contribution is 5.74. The van der Waals surface area contributed by atoms with Gasteiger partial charge in [-0.2, -0.15) is 0 Å². The molecule has 0 atom stereocenters. The average molecular weight is 240 g/mol. The number of rotatable bonds is 5. The summed E-state index contributed by atoms with van der Waals surface area (Å²) in [4.78, 5) is 11.1. The topological polar surface area (TPSA) is 46.5 Å². The Morgan fingerprint density at radius 2 is 2.12 bits per heavy atom. The van der Waals surface area contributed by atoms with Crippen LogP contribution >= 0.6 is 0 Å². The van der Waals surface area contributed by atoms with Gasteiger partial charge in [-0.25, -0.2) is 4.39 Å². The molecule has 1 aromatic carbocycles. The van der Waals surface area contributed by atoms with Crippen LogP contribution in [-0.2, 0) is 17.9 Å². The molecule has 0 bridgehead atoms. The number of carboxylic acid groups (broad SMARTS) is 1. The summed E-state index contributed by atoms with van der Waals surface area (Å²) < 4.78 is 18.0. The number of carbonyl (C=O) groups is 1. The van der Waals surface area contributed by atoms with Gasteiger partial charge in [-0.15, -0.1) is 0 Å². The van der Waals surface area contributed by atoms with Gasteiger partial charge in [0.1, 0.15) is 12.4 Å². The minimum Gasteiger partial charge on any atom is -0.496 e. The molecule has 3 nitrogen and oxygen atoms in total. The third kappa shape index (κ3) is 2.96. The van der Waals surface area contributed by atoms with Crippen LogP contribution in [0.2, 0.25) is 0 Å². The SMILES string of the molecule is COc1cccc(CF)c1CC(C)(C)C(=O)O. The molecule has 0 unspecified atom stereocenters. The summed E-state index contributed by atoms with van der Waals surface area (Å²) in [6, 6.07) is 5.06. The van der Waals surface area contributed by atoms with Crippen molar-refractivity contribution >= 4 is 5.97 Å². The van der Waals surface area contributed by atoms with Crippen molar-refractivity contribution in [2.24, 2.45) is 5.41 Å². The van der Waals surface area contributed by atoms with E-state index in [-0.39, 0.29) is 6.42 Å². The van der Waals surface area contributed by atoms with Crippen molar-refractivity contribution in [3.8, 4) is 5.75 Å². The van der Waals surface area contributed by atoms with Crippen LogP contribution in [0.1, 0.15) is 25.0 Å². The molecule has 0 saturated carbocycles. The maximum Gasteiger partial charge on any atom is 0.309 e. The lowest BCUT2D eigenvalue weighted by Crippen LogP contribution is -2.26. The van der Waals surface area contributed by atoms with Crippen LogP contribution in [0.4, 0.5) is 4.39 Å². The predicted octanol–water partition coefficient (Wildman–Crippen LogP) is 2.82. The zero-order valence-corrected chi connectivity index (χ0v) is 10.3. The van der Waals surface area contributed by atoms with Gasteiger partial charge >= 0.3 is 5.97 Å². The van der Waals surface area contributed by atoms with Crippen molar-refractivity contribution in [2.45, 2.75) is 26.9 Å². The number of benzene rings is 1. The quantitative estimate of drug-likeness (QED) is 0.860. The molecule has 0 fully saturated rings. The first-order chi connectivity index (χ1) is 7.92. The lowest BCUT2D eigenvalue weighted by atomic mass is 9.84. The minimum atomic E-state index is -0.946. The van der Waals surface area contributed by atoms with Crippen molar-refractivity contribution in [2.75, 3.05) is 7.11 Å². The van der Waals surface area contributed by atoms with E-state index in [0.29, 0.717) is 16.9 Å². The van der Waals surface area contributed by atoms with E-state index in [0.717, 1.165) is 0 Å². The van der Waals surface area contributed by atoms with E-state index in [1.807, 2.05) is 0 Å². The van der Waals surface area contributed by atoms with Crippen molar-refractivity contribution in [3.63, 3.8) is 0 Å². The van der Waals surface area contributed by atoms with Crippen molar-refractivity contribution in [3.05, 3.63) is 29.3 Å². The van der Waals surface area contributed by atoms with E-state index in [1.165, 1.54) is 7.11 Å². The van der Waals surface area contributed by atoms with Gasteiger partial charge in [-0.1, -0.05) is 12.1 Å². The lowest BCUT2D eigenvalue weighted by molar-refractivity contribution is -0.146.